The number of thioether (sulfide) groups is 1. The highest BCUT2D eigenvalue weighted by atomic mass is 32.2. The molecule has 0 atom stereocenters. The Morgan fingerprint density at radius 2 is 1.96 bits per heavy atom. The van der Waals surface area contributed by atoms with Crippen LogP contribution in [-0.4, -0.2) is 43.0 Å². The summed E-state index contributed by atoms with van der Waals surface area (Å²) in [4.78, 5) is 12.1. The summed E-state index contributed by atoms with van der Waals surface area (Å²) in [6.07, 6.45) is 1.08. The maximum absolute atomic E-state index is 12.1. The average Bonchev–Trinajstić information content (AvgIpc) is 2.92. The minimum Gasteiger partial charge on any atom is -0.360 e. The van der Waals surface area contributed by atoms with Crippen molar-refractivity contribution < 1.29 is 13.2 Å². The van der Waals surface area contributed by atoms with E-state index in [2.05, 4.69) is 20.2 Å². The zero-order chi connectivity index (χ0) is 16.9. The molecule has 23 heavy (non-hydrogen) atoms. The Labute approximate surface area is 143 Å². The summed E-state index contributed by atoms with van der Waals surface area (Å²) in [5.74, 6) is 0.195. The summed E-state index contributed by atoms with van der Waals surface area (Å²) in [5, 5.41) is 11.8. The van der Waals surface area contributed by atoms with Crippen LogP contribution in [0.3, 0.4) is 0 Å². The van der Waals surface area contributed by atoms with Crippen LogP contribution in [0.2, 0.25) is 0 Å². The van der Waals surface area contributed by atoms with Gasteiger partial charge in [0, 0.05) is 17.8 Å². The topological polar surface area (TPSA) is 101 Å². The van der Waals surface area contributed by atoms with Crippen molar-refractivity contribution in [2.24, 2.45) is 0 Å². The number of benzene rings is 1. The largest absolute Gasteiger partial charge is 0.360 e. The van der Waals surface area contributed by atoms with Crippen LogP contribution >= 0.6 is 23.1 Å². The zero-order valence-corrected chi connectivity index (χ0v) is 15.0. The van der Waals surface area contributed by atoms with Gasteiger partial charge in [0.1, 0.15) is 0 Å². The number of Topliss-reactive ketones (excluding diaryl/α,β-unsaturated/α-hetero) is 1. The Morgan fingerprint density at radius 1 is 1.26 bits per heavy atom. The number of hydrogen-bond donors (Lipinski definition) is 2. The first kappa shape index (κ1) is 17.7. The molecular weight excluding hydrogens is 356 g/mol. The fraction of sp³-hybridized carbons (Fsp3) is 0.308. The van der Waals surface area contributed by atoms with Gasteiger partial charge in [0.05, 0.1) is 12.0 Å². The number of nitrogens with zero attached hydrogens (tertiary/aromatic N) is 2. The molecule has 0 fully saturated rings. The maximum atomic E-state index is 12.1. The molecule has 2 aromatic rings. The lowest BCUT2D eigenvalue weighted by Crippen LogP contribution is -2.10. The van der Waals surface area contributed by atoms with Crippen molar-refractivity contribution in [2.45, 2.75) is 11.3 Å². The number of anilines is 2. The molecule has 0 unspecified atom stereocenters. The fourth-order valence-electron chi connectivity index (χ4n) is 1.64. The summed E-state index contributed by atoms with van der Waals surface area (Å²) < 4.78 is 25.3. The number of sulfonamides is 1. The van der Waals surface area contributed by atoms with Crippen molar-refractivity contribution >= 4 is 49.7 Å². The fourth-order valence-corrected chi connectivity index (χ4v) is 3.92. The molecule has 0 spiro atoms. The van der Waals surface area contributed by atoms with Gasteiger partial charge in [0.2, 0.25) is 15.2 Å². The number of rotatable bonds is 8. The van der Waals surface area contributed by atoms with Crippen LogP contribution in [0.15, 0.2) is 28.6 Å². The lowest BCUT2D eigenvalue weighted by molar-refractivity contribution is 0.102. The number of aromatic nitrogens is 2. The van der Waals surface area contributed by atoms with Gasteiger partial charge in [0.25, 0.3) is 0 Å². The predicted molar refractivity (Wildman–Crippen MR) is 94.0 cm³/mol. The van der Waals surface area contributed by atoms with Crippen molar-refractivity contribution in [1.29, 1.82) is 0 Å². The summed E-state index contributed by atoms with van der Waals surface area (Å²) >= 11 is 2.73. The lowest BCUT2D eigenvalue weighted by Gasteiger charge is -2.04. The molecule has 0 aliphatic rings. The Kier molecular flexibility index (Phi) is 5.97. The highest BCUT2D eigenvalue weighted by Crippen LogP contribution is 2.26. The predicted octanol–water partition coefficient (Wildman–Crippen LogP) is 2.32. The minimum absolute atomic E-state index is 0.0545. The number of hydrogen-bond acceptors (Lipinski definition) is 8. The Morgan fingerprint density at radius 3 is 2.57 bits per heavy atom. The highest BCUT2D eigenvalue weighted by Gasteiger charge is 2.10. The number of ketones is 1. The van der Waals surface area contributed by atoms with E-state index < -0.39 is 10.0 Å². The molecular formula is C13H16N4O3S3. The van der Waals surface area contributed by atoms with E-state index in [9.17, 15) is 13.2 Å². The van der Waals surface area contributed by atoms with Crippen LogP contribution in [0.1, 0.15) is 17.3 Å². The van der Waals surface area contributed by atoms with Crippen molar-refractivity contribution in [2.75, 3.05) is 28.6 Å². The van der Waals surface area contributed by atoms with Crippen molar-refractivity contribution in [3.63, 3.8) is 0 Å². The van der Waals surface area contributed by atoms with Crippen LogP contribution in [0.5, 0.6) is 0 Å². The molecule has 1 heterocycles. The van der Waals surface area contributed by atoms with Crippen molar-refractivity contribution in [3.05, 3.63) is 29.8 Å². The first-order valence-corrected chi connectivity index (χ1v) is 10.4. The summed E-state index contributed by atoms with van der Waals surface area (Å²) in [6.45, 7) is 2.74. The standard InChI is InChI=1S/C13H16N4O3S3/c1-3-14-12-15-16-13(22-12)21-8-11(18)9-4-6-10(7-5-9)17-23(2,19)20/h4-7,17H,3,8H2,1-2H3,(H,14,15). The van der Waals surface area contributed by atoms with Crippen LogP contribution in [0.25, 0.3) is 0 Å². The van der Waals surface area contributed by atoms with Gasteiger partial charge >= 0.3 is 0 Å². The van der Waals surface area contributed by atoms with Gasteiger partial charge in [0.15, 0.2) is 10.1 Å². The zero-order valence-electron chi connectivity index (χ0n) is 12.6. The molecule has 124 valence electrons. The molecule has 0 aliphatic carbocycles. The van der Waals surface area contributed by atoms with Crippen LogP contribution in [0, 0.1) is 0 Å². The first-order chi connectivity index (χ1) is 10.9. The molecule has 0 bridgehead atoms. The minimum atomic E-state index is -3.32. The number of carbonyl (C=O) groups excluding carboxylic acids is 1. The third-order valence-corrected chi connectivity index (χ3v) is 5.19. The van der Waals surface area contributed by atoms with Gasteiger partial charge in [-0.2, -0.15) is 0 Å². The molecule has 0 radical (unpaired) electrons. The summed E-state index contributed by atoms with van der Waals surface area (Å²) in [7, 11) is -3.32. The van der Waals surface area contributed by atoms with E-state index in [1.807, 2.05) is 6.92 Å². The smallest absolute Gasteiger partial charge is 0.229 e. The number of carbonyl (C=O) groups is 1. The Balaban J connectivity index is 1.92. The van der Waals surface area contributed by atoms with Gasteiger partial charge in [-0.1, -0.05) is 23.1 Å². The Hall–Kier alpha value is -1.65. The SMILES string of the molecule is CCNc1nnc(SCC(=O)c2ccc(NS(C)(=O)=O)cc2)s1. The van der Waals surface area contributed by atoms with E-state index in [0.29, 0.717) is 11.3 Å². The molecule has 0 amide bonds. The van der Waals surface area contributed by atoms with Gasteiger partial charge in [-0.05, 0) is 31.2 Å². The lowest BCUT2D eigenvalue weighted by atomic mass is 10.1. The van der Waals surface area contributed by atoms with E-state index in [1.165, 1.54) is 23.1 Å². The van der Waals surface area contributed by atoms with Crippen LogP contribution < -0.4 is 10.0 Å². The molecule has 0 saturated carbocycles. The maximum Gasteiger partial charge on any atom is 0.229 e. The van der Waals surface area contributed by atoms with E-state index in [-0.39, 0.29) is 11.5 Å². The van der Waals surface area contributed by atoms with Gasteiger partial charge in [-0.3, -0.25) is 9.52 Å². The molecule has 0 aliphatic heterocycles. The first-order valence-electron chi connectivity index (χ1n) is 6.68. The average molecular weight is 372 g/mol. The summed E-state index contributed by atoms with van der Waals surface area (Å²) in [6, 6.07) is 6.32. The Bertz CT molecular complexity index is 772. The highest BCUT2D eigenvalue weighted by molar-refractivity contribution is 8.01. The monoisotopic (exact) mass is 372 g/mol. The molecule has 10 heteroatoms. The van der Waals surface area contributed by atoms with E-state index in [1.54, 1.807) is 24.3 Å². The van der Waals surface area contributed by atoms with Gasteiger partial charge in [-0.15, -0.1) is 10.2 Å². The van der Waals surface area contributed by atoms with Crippen LogP contribution in [0.4, 0.5) is 10.8 Å². The molecule has 1 aromatic heterocycles. The normalized spacial score (nSPS) is 11.2. The van der Waals surface area contributed by atoms with Crippen molar-refractivity contribution in [1.82, 2.24) is 10.2 Å². The quantitative estimate of drug-likeness (QED) is 0.541. The molecule has 0 saturated heterocycles. The molecule has 2 rings (SSSR count). The number of nitrogens with one attached hydrogen (secondary N) is 2. The van der Waals surface area contributed by atoms with Gasteiger partial charge < -0.3 is 5.32 Å². The molecule has 7 nitrogen and oxygen atoms in total. The second-order valence-corrected chi connectivity index (χ2v) is 8.52. The summed E-state index contributed by atoms with van der Waals surface area (Å²) in [5.41, 5.74) is 0.948. The van der Waals surface area contributed by atoms with E-state index in [4.69, 9.17) is 0 Å². The molecule has 1 aromatic carbocycles. The van der Waals surface area contributed by atoms with Crippen LogP contribution in [-0.2, 0) is 10.0 Å². The molecule has 2 N–H and O–H groups in total. The second kappa shape index (κ2) is 7.75. The third kappa shape index (κ3) is 5.81. The van der Waals surface area contributed by atoms with E-state index in [0.717, 1.165) is 22.3 Å². The van der Waals surface area contributed by atoms with E-state index >= 15 is 0 Å². The van der Waals surface area contributed by atoms with Gasteiger partial charge in [-0.25, -0.2) is 8.42 Å². The third-order valence-electron chi connectivity index (χ3n) is 2.57. The van der Waals surface area contributed by atoms with Crippen molar-refractivity contribution in [3.8, 4) is 0 Å². The second-order valence-electron chi connectivity index (χ2n) is 4.57.